The van der Waals surface area contributed by atoms with Gasteiger partial charge in [0.25, 0.3) is 0 Å². The molecule has 1 heterocycles. The summed E-state index contributed by atoms with van der Waals surface area (Å²) >= 11 is 0. The van der Waals surface area contributed by atoms with Crippen molar-refractivity contribution in [2.75, 3.05) is 5.73 Å². The molecule has 0 radical (unpaired) electrons. The molecule has 0 aliphatic heterocycles. The third-order valence-corrected chi connectivity index (χ3v) is 1.82. The second-order valence-corrected chi connectivity index (χ2v) is 3.15. The van der Waals surface area contributed by atoms with E-state index in [4.69, 9.17) is 5.73 Å². The van der Waals surface area contributed by atoms with Crippen LogP contribution in [0.4, 0.5) is 11.5 Å². The fraction of sp³-hybridized carbons (Fsp3) is 0.571. The second-order valence-electron chi connectivity index (χ2n) is 3.15. The lowest BCUT2D eigenvalue weighted by molar-refractivity contribution is -0.384. The van der Waals surface area contributed by atoms with Crippen molar-refractivity contribution in [3.63, 3.8) is 0 Å². The van der Waals surface area contributed by atoms with Crippen molar-refractivity contribution in [3.05, 3.63) is 15.8 Å². The Labute approximate surface area is 75.5 Å². The predicted molar refractivity (Wildman–Crippen MR) is 48.4 cm³/mol. The second kappa shape index (κ2) is 3.04. The van der Waals surface area contributed by atoms with Crippen LogP contribution in [0, 0.1) is 10.1 Å². The molecule has 0 aromatic carbocycles. The van der Waals surface area contributed by atoms with E-state index in [-0.39, 0.29) is 17.4 Å². The number of hydrogen-bond acceptors (Lipinski definition) is 4. The monoisotopic (exact) mass is 184 g/mol. The highest BCUT2D eigenvalue weighted by atomic mass is 16.6. The molecule has 0 saturated heterocycles. The first kappa shape index (κ1) is 9.50. The van der Waals surface area contributed by atoms with Crippen LogP contribution in [-0.2, 0) is 7.05 Å². The van der Waals surface area contributed by atoms with Crippen LogP contribution in [0.1, 0.15) is 25.5 Å². The lowest BCUT2D eigenvalue weighted by Gasteiger charge is -1.97. The molecule has 0 unspecified atom stereocenters. The number of nitrogens with zero attached hydrogens (tertiary/aromatic N) is 3. The molecular weight excluding hydrogens is 172 g/mol. The van der Waals surface area contributed by atoms with Crippen LogP contribution in [0.2, 0.25) is 0 Å². The molecule has 6 nitrogen and oxygen atoms in total. The smallest absolute Gasteiger partial charge is 0.334 e. The van der Waals surface area contributed by atoms with E-state index < -0.39 is 4.92 Å². The Hall–Kier alpha value is -1.59. The highest BCUT2D eigenvalue weighted by molar-refractivity contribution is 5.57. The summed E-state index contributed by atoms with van der Waals surface area (Å²) < 4.78 is 1.33. The van der Waals surface area contributed by atoms with Gasteiger partial charge in [0.1, 0.15) is 5.69 Å². The fourth-order valence-corrected chi connectivity index (χ4v) is 1.12. The Bertz CT molecular complexity index is 343. The van der Waals surface area contributed by atoms with Gasteiger partial charge in [0, 0.05) is 13.0 Å². The van der Waals surface area contributed by atoms with E-state index in [9.17, 15) is 10.1 Å². The van der Waals surface area contributed by atoms with Crippen molar-refractivity contribution in [3.8, 4) is 0 Å². The molecule has 1 rings (SSSR count). The lowest BCUT2D eigenvalue weighted by atomic mass is 10.1. The Morgan fingerprint density at radius 2 is 2.15 bits per heavy atom. The van der Waals surface area contributed by atoms with Gasteiger partial charge in [0.15, 0.2) is 0 Å². The first-order valence-corrected chi connectivity index (χ1v) is 3.92. The topological polar surface area (TPSA) is 87.0 Å². The predicted octanol–water partition coefficient (Wildman–Crippen LogP) is 1.03. The Morgan fingerprint density at radius 1 is 1.62 bits per heavy atom. The normalized spacial score (nSPS) is 10.8. The highest BCUT2D eigenvalue weighted by Gasteiger charge is 2.26. The van der Waals surface area contributed by atoms with Crippen molar-refractivity contribution >= 4 is 11.5 Å². The van der Waals surface area contributed by atoms with Crippen LogP contribution in [0.15, 0.2) is 0 Å². The minimum absolute atomic E-state index is 0.00361. The minimum atomic E-state index is -0.488. The van der Waals surface area contributed by atoms with Gasteiger partial charge < -0.3 is 5.73 Å². The zero-order valence-electron chi connectivity index (χ0n) is 7.81. The van der Waals surface area contributed by atoms with Crippen molar-refractivity contribution in [2.45, 2.75) is 19.8 Å². The molecule has 2 N–H and O–H groups in total. The molecule has 0 aliphatic carbocycles. The first-order valence-electron chi connectivity index (χ1n) is 3.92. The number of nitrogen functional groups attached to an aromatic ring is 1. The maximum atomic E-state index is 10.6. The van der Waals surface area contributed by atoms with Crippen molar-refractivity contribution < 1.29 is 4.92 Å². The molecule has 1 aromatic heterocycles. The summed E-state index contributed by atoms with van der Waals surface area (Å²) in [7, 11) is 1.59. The van der Waals surface area contributed by atoms with Gasteiger partial charge in [-0.2, -0.15) is 5.10 Å². The van der Waals surface area contributed by atoms with Crippen LogP contribution in [0.25, 0.3) is 0 Å². The molecule has 6 heteroatoms. The van der Waals surface area contributed by atoms with Gasteiger partial charge in [-0.3, -0.25) is 10.1 Å². The molecule has 0 amide bonds. The molecule has 0 bridgehead atoms. The summed E-state index contributed by atoms with van der Waals surface area (Å²) in [5.74, 6) is 0.109. The first-order chi connectivity index (χ1) is 5.95. The number of anilines is 1. The molecular formula is C7H12N4O2. The van der Waals surface area contributed by atoms with Gasteiger partial charge in [-0.15, -0.1) is 0 Å². The van der Waals surface area contributed by atoms with E-state index in [2.05, 4.69) is 5.10 Å². The van der Waals surface area contributed by atoms with E-state index in [0.29, 0.717) is 5.69 Å². The number of hydrogen-bond donors (Lipinski definition) is 1. The van der Waals surface area contributed by atoms with Crippen LogP contribution >= 0.6 is 0 Å². The lowest BCUT2D eigenvalue weighted by Crippen LogP contribution is -1.99. The molecule has 0 fully saturated rings. The van der Waals surface area contributed by atoms with E-state index in [1.54, 1.807) is 7.05 Å². The summed E-state index contributed by atoms with van der Waals surface area (Å²) in [6, 6.07) is 0. The minimum Gasteiger partial charge on any atom is -0.378 e. The summed E-state index contributed by atoms with van der Waals surface area (Å²) in [6.07, 6.45) is 0. The number of aromatic nitrogens is 2. The fourth-order valence-electron chi connectivity index (χ4n) is 1.12. The molecule has 0 spiro atoms. The van der Waals surface area contributed by atoms with Crippen molar-refractivity contribution in [2.24, 2.45) is 7.05 Å². The summed E-state index contributed by atoms with van der Waals surface area (Å²) in [6.45, 7) is 3.68. The quantitative estimate of drug-likeness (QED) is 0.549. The molecule has 0 atom stereocenters. The van der Waals surface area contributed by atoms with Gasteiger partial charge in [-0.25, -0.2) is 4.68 Å². The van der Waals surface area contributed by atoms with Gasteiger partial charge >= 0.3 is 5.69 Å². The SMILES string of the molecule is CC(C)c1nn(C)c(N)c1[N+](=O)[O-]. The van der Waals surface area contributed by atoms with E-state index in [0.717, 1.165) is 0 Å². The zero-order chi connectivity index (χ0) is 10.2. The Morgan fingerprint density at radius 3 is 2.46 bits per heavy atom. The molecule has 0 saturated carbocycles. The van der Waals surface area contributed by atoms with Gasteiger partial charge in [-0.05, 0) is 0 Å². The highest BCUT2D eigenvalue weighted by Crippen LogP contribution is 2.30. The van der Waals surface area contributed by atoms with Crippen LogP contribution in [-0.4, -0.2) is 14.7 Å². The van der Waals surface area contributed by atoms with Gasteiger partial charge in [0.05, 0.1) is 4.92 Å². The Kier molecular flexibility index (Phi) is 2.22. The molecule has 0 aliphatic rings. The Balaban J connectivity index is 3.35. The standard InChI is InChI=1S/C7H12N4O2/c1-4(2)5-6(11(12)13)7(8)10(3)9-5/h4H,8H2,1-3H3. The average molecular weight is 184 g/mol. The number of nitro groups is 1. The van der Waals surface area contributed by atoms with Crippen molar-refractivity contribution in [1.29, 1.82) is 0 Å². The average Bonchev–Trinajstić information content (AvgIpc) is 2.28. The van der Waals surface area contributed by atoms with E-state index in [1.165, 1.54) is 4.68 Å². The van der Waals surface area contributed by atoms with Crippen molar-refractivity contribution in [1.82, 2.24) is 9.78 Å². The van der Waals surface area contributed by atoms with Crippen LogP contribution < -0.4 is 5.73 Å². The van der Waals surface area contributed by atoms with Crippen LogP contribution in [0.3, 0.4) is 0 Å². The summed E-state index contributed by atoms with van der Waals surface area (Å²) in [5, 5.41) is 14.6. The number of nitrogens with two attached hydrogens (primary N) is 1. The number of aryl methyl sites for hydroxylation is 1. The zero-order valence-corrected chi connectivity index (χ0v) is 7.81. The van der Waals surface area contributed by atoms with Gasteiger partial charge in [0.2, 0.25) is 5.82 Å². The maximum Gasteiger partial charge on any atom is 0.334 e. The summed E-state index contributed by atoms with van der Waals surface area (Å²) in [5.41, 5.74) is 5.86. The summed E-state index contributed by atoms with van der Waals surface area (Å²) in [4.78, 5) is 10.1. The van der Waals surface area contributed by atoms with E-state index in [1.807, 2.05) is 13.8 Å². The molecule has 1 aromatic rings. The third-order valence-electron chi connectivity index (χ3n) is 1.82. The number of rotatable bonds is 2. The molecule has 13 heavy (non-hydrogen) atoms. The van der Waals surface area contributed by atoms with E-state index >= 15 is 0 Å². The van der Waals surface area contributed by atoms with Gasteiger partial charge in [-0.1, -0.05) is 13.8 Å². The largest absolute Gasteiger partial charge is 0.378 e. The molecule has 72 valence electrons. The third kappa shape index (κ3) is 1.47. The van der Waals surface area contributed by atoms with Crippen LogP contribution in [0.5, 0.6) is 0 Å². The maximum absolute atomic E-state index is 10.6.